The fraction of sp³-hybridized carbons (Fsp3) is 0.314. The highest BCUT2D eigenvalue weighted by atomic mass is 32.1. The first-order chi connectivity index (χ1) is 20.4. The van der Waals surface area contributed by atoms with E-state index in [1.165, 1.54) is 0 Å². The van der Waals surface area contributed by atoms with E-state index in [1.54, 1.807) is 30.5 Å². The molecule has 0 bridgehead atoms. The van der Waals surface area contributed by atoms with E-state index in [9.17, 15) is 9.59 Å². The molecule has 0 fully saturated rings. The van der Waals surface area contributed by atoms with E-state index < -0.39 is 5.92 Å². The lowest BCUT2D eigenvalue weighted by molar-refractivity contribution is -0.143. The second-order valence-electron chi connectivity index (χ2n) is 10.3. The number of amides is 2. The van der Waals surface area contributed by atoms with Gasteiger partial charge in [-0.3, -0.25) is 9.59 Å². The Labute approximate surface area is 253 Å². The van der Waals surface area contributed by atoms with Crippen LogP contribution in [0.5, 0.6) is 11.5 Å². The summed E-state index contributed by atoms with van der Waals surface area (Å²) in [4.78, 5) is 33.1. The lowest BCUT2D eigenvalue weighted by Crippen LogP contribution is -2.48. The van der Waals surface area contributed by atoms with Gasteiger partial charge in [-0.2, -0.15) is 0 Å². The molecular formula is C35H40N2O4S. The fourth-order valence-corrected chi connectivity index (χ4v) is 5.75. The van der Waals surface area contributed by atoms with Crippen LogP contribution in [0.15, 0.2) is 96.4 Å². The van der Waals surface area contributed by atoms with Crippen LogP contribution in [0.1, 0.15) is 47.8 Å². The molecule has 42 heavy (non-hydrogen) atoms. The predicted molar refractivity (Wildman–Crippen MR) is 169 cm³/mol. The first-order valence-electron chi connectivity index (χ1n) is 14.4. The van der Waals surface area contributed by atoms with Gasteiger partial charge in [0.15, 0.2) is 11.5 Å². The Kier molecular flexibility index (Phi) is 11.2. The molecule has 0 aliphatic heterocycles. The van der Waals surface area contributed by atoms with Crippen molar-refractivity contribution < 1.29 is 19.1 Å². The number of thiophene rings is 1. The van der Waals surface area contributed by atoms with E-state index in [2.05, 4.69) is 6.92 Å². The van der Waals surface area contributed by atoms with Gasteiger partial charge >= 0.3 is 0 Å². The Hall–Kier alpha value is -4.10. The van der Waals surface area contributed by atoms with Gasteiger partial charge in [-0.25, -0.2) is 0 Å². The molecule has 4 rings (SSSR count). The van der Waals surface area contributed by atoms with Gasteiger partial charge < -0.3 is 19.3 Å². The number of carbonyl (C=O) groups is 2. The van der Waals surface area contributed by atoms with Crippen LogP contribution in [0.2, 0.25) is 0 Å². The van der Waals surface area contributed by atoms with Crippen molar-refractivity contribution >= 4 is 23.2 Å². The third-order valence-electron chi connectivity index (χ3n) is 7.62. The summed E-state index contributed by atoms with van der Waals surface area (Å²) in [5.74, 6) is 0.699. The van der Waals surface area contributed by atoms with Gasteiger partial charge in [0.1, 0.15) is 6.54 Å². The van der Waals surface area contributed by atoms with Crippen LogP contribution < -0.4 is 9.47 Å². The molecule has 1 unspecified atom stereocenters. The third-order valence-corrected chi connectivity index (χ3v) is 8.48. The van der Waals surface area contributed by atoms with Gasteiger partial charge in [0.25, 0.3) is 0 Å². The molecule has 0 spiro atoms. The molecule has 0 N–H and O–H groups in total. The summed E-state index contributed by atoms with van der Waals surface area (Å²) in [6.45, 7) is 5.09. The van der Waals surface area contributed by atoms with Crippen LogP contribution in [0.4, 0.5) is 0 Å². The van der Waals surface area contributed by atoms with Gasteiger partial charge in [0, 0.05) is 17.5 Å². The highest BCUT2D eigenvalue weighted by Crippen LogP contribution is 2.29. The Balaban J connectivity index is 1.60. The molecule has 0 aliphatic rings. The Morgan fingerprint density at radius 1 is 0.833 bits per heavy atom. The summed E-state index contributed by atoms with van der Waals surface area (Å²) >= 11 is 1.63. The van der Waals surface area contributed by atoms with E-state index in [1.807, 2.05) is 108 Å². The Morgan fingerprint density at radius 2 is 1.48 bits per heavy atom. The quantitative estimate of drug-likeness (QED) is 0.164. The summed E-state index contributed by atoms with van der Waals surface area (Å²) < 4.78 is 10.9. The van der Waals surface area contributed by atoms with Crippen molar-refractivity contribution in [3.8, 4) is 11.5 Å². The maximum absolute atomic E-state index is 14.4. The number of ether oxygens (including phenoxy) is 2. The Morgan fingerprint density at radius 3 is 2.02 bits per heavy atom. The predicted octanol–water partition coefficient (Wildman–Crippen LogP) is 6.80. The molecule has 1 heterocycles. The van der Waals surface area contributed by atoms with E-state index in [4.69, 9.17) is 9.47 Å². The summed E-state index contributed by atoms with van der Waals surface area (Å²) in [7, 11) is 3.23. The standard InChI is InChI=1S/C35H40N2O4S/c1-5-26(2)37(35(39)34(28-13-8-6-9-14-28)29-15-10-7-11-16-29)25-33(38)36(24-30-17-12-22-42-30)21-20-27-18-19-31(40-3)32(23-27)41-4/h6-19,22-23,26,34H,5,20-21,24-25H2,1-4H3. The van der Waals surface area contributed by atoms with Crippen LogP contribution in [0.25, 0.3) is 0 Å². The highest BCUT2D eigenvalue weighted by Gasteiger charge is 2.32. The molecule has 2 amide bonds. The van der Waals surface area contributed by atoms with Gasteiger partial charge in [-0.05, 0) is 60.0 Å². The maximum Gasteiger partial charge on any atom is 0.242 e. The molecule has 0 saturated carbocycles. The second-order valence-corrected chi connectivity index (χ2v) is 11.3. The van der Waals surface area contributed by atoms with Crippen molar-refractivity contribution in [2.45, 2.75) is 45.2 Å². The van der Waals surface area contributed by atoms with Crippen molar-refractivity contribution in [1.29, 1.82) is 0 Å². The lowest BCUT2D eigenvalue weighted by Gasteiger charge is -2.34. The molecule has 6 nitrogen and oxygen atoms in total. The lowest BCUT2D eigenvalue weighted by atomic mass is 9.89. The average molecular weight is 585 g/mol. The van der Waals surface area contributed by atoms with Crippen LogP contribution in [0, 0.1) is 0 Å². The van der Waals surface area contributed by atoms with Crippen LogP contribution in [-0.4, -0.2) is 55.0 Å². The van der Waals surface area contributed by atoms with Crippen molar-refractivity contribution in [3.63, 3.8) is 0 Å². The van der Waals surface area contributed by atoms with Crippen molar-refractivity contribution in [1.82, 2.24) is 9.80 Å². The molecule has 3 aromatic carbocycles. The van der Waals surface area contributed by atoms with Crippen LogP contribution >= 0.6 is 11.3 Å². The number of hydrogen-bond acceptors (Lipinski definition) is 5. The first kappa shape index (κ1) is 30.8. The van der Waals surface area contributed by atoms with E-state index in [0.717, 1.165) is 28.0 Å². The first-order valence-corrected chi connectivity index (χ1v) is 15.2. The molecule has 4 aromatic rings. The molecule has 1 aromatic heterocycles. The number of hydrogen-bond donors (Lipinski definition) is 0. The number of nitrogens with zero attached hydrogens (tertiary/aromatic N) is 2. The molecule has 0 radical (unpaired) electrons. The molecular weight excluding hydrogens is 544 g/mol. The monoisotopic (exact) mass is 584 g/mol. The summed E-state index contributed by atoms with van der Waals surface area (Å²) in [6, 6.07) is 29.4. The maximum atomic E-state index is 14.4. The topological polar surface area (TPSA) is 59.1 Å². The van der Waals surface area contributed by atoms with Crippen LogP contribution in [-0.2, 0) is 22.6 Å². The average Bonchev–Trinajstić information content (AvgIpc) is 3.55. The minimum absolute atomic E-state index is 0.0152. The number of benzene rings is 3. The third kappa shape index (κ3) is 7.79. The smallest absolute Gasteiger partial charge is 0.242 e. The summed E-state index contributed by atoms with van der Waals surface area (Å²) in [6.07, 6.45) is 1.39. The molecule has 0 saturated heterocycles. The van der Waals surface area contributed by atoms with Crippen molar-refractivity contribution in [2.24, 2.45) is 0 Å². The van der Waals surface area contributed by atoms with Gasteiger partial charge in [0.05, 0.1) is 26.7 Å². The van der Waals surface area contributed by atoms with E-state index in [0.29, 0.717) is 31.0 Å². The molecule has 0 aliphatic carbocycles. The highest BCUT2D eigenvalue weighted by molar-refractivity contribution is 7.09. The van der Waals surface area contributed by atoms with Gasteiger partial charge in [-0.1, -0.05) is 79.7 Å². The molecule has 7 heteroatoms. The minimum atomic E-state index is -0.494. The molecule has 220 valence electrons. The zero-order valence-corrected chi connectivity index (χ0v) is 25.7. The summed E-state index contributed by atoms with van der Waals surface area (Å²) in [5, 5.41) is 2.02. The van der Waals surface area contributed by atoms with Crippen LogP contribution in [0.3, 0.4) is 0 Å². The normalized spacial score (nSPS) is 11.6. The minimum Gasteiger partial charge on any atom is -0.493 e. The van der Waals surface area contributed by atoms with E-state index in [-0.39, 0.29) is 24.4 Å². The van der Waals surface area contributed by atoms with Gasteiger partial charge in [0.2, 0.25) is 11.8 Å². The zero-order valence-electron chi connectivity index (χ0n) is 24.9. The second kappa shape index (κ2) is 15.2. The van der Waals surface area contributed by atoms with E-state index >= 15 is 0 Å². The largest absolute Gasteiger partial charge is 0.493 e. The van der Waals surface area contributed by atoms with Gasteiger partial charge in [-0.15, -0.1) is 11.3 Å². The molecule has 1 atom stereocenters. The number of methoxy groups -OCH3 is 2. The number of rotatable bonds is 14. The summed E-state index contributed by atoms with van der Waals surface area (Å²) in [5.41, 5.74) is 2.87. The van der Waals surface area contributed by atoms with Crippen molar-refractivity contribution in [3.05, 3.63) is 118 Å². The fourth-order valence-electron chi connectivity index (χ4n) is 5.03. The van der Waals surface area contributed by atoms with Crippen molar-refractivity contribution in [2.75, 3.05) is 27.3 Å². The Bertz CT molecular complexity index is 1370. The SMILES string of the molecule is CCC(C)N(CC(=O)N(CCc1ccc(OC)c(OC)c1)Cc1cccs1)C(=O)C(c1ccccc1)c1ccccc1. The number of carbonyl (C=O) groups excluding carboxylic acids is 2. The zero-order chi connectivity index (χ0) is 29.9.